The van der Waals surface area contributed by atoms with Gasteiger partial charge in [-0.15, -0.1) is 0 Å². The van der Waals surface area contributed by atoms with Gasteiger partial charge < -0.3 is 5.32 Å². The molecular formula is C21H23N. The summed E-state index contributed by atoms with van der Waals surface area (Å²) in [4.78, 5) is 0. The number of anilines is 2. The summed E-state index contributed by atoms with van der Waals surface area (Å²) in [5.74, 6) is 0. The Morgan fingerprint density at radius 3 is 2.45 bits per heavy atom. The van der Waals surface area contributed by atoms with Gasteiger partial charge >= 0.3 is 0 Å². The minimum atomic E-state index is 0.992. The first-order chi connectivity index (χ1) is 10.7. The molecular weight excluding hydrogens is 266 g/mol. The van der Waals surface area contributed by atoms with Crippen molar-refractivity contribution in [3.63, 3.8) is 0 Å². The van der Waals surface area contributed by atoms with E-state index in [4.69, 9.17) is 0 Å². The predicted octanol–water partition coefficient (Wildman–Crippen LogP) is 6.14. The number of allylic oxidation sites excluding steroid dienone is 5. The third kappa shape index (κ3) is 4.23. The van der Waals surface area contributed by atoms with Crippen LogP contribution in [0.25, 0.3) is 5.57 Å². The van der Waals surface area contributed by atoms with Crippen LogP contribution in [0.4, 0.5) is 11.4 Å². The Morgan fingerprint density at radius 2 is 1.77 bits per heavy atom. The van der Waals surface area contributed by atoms with Crippen molar-refractivity contribution in [2.45, 2.75) is 20.3 Å². The lowest BCUT2D eigenvalue weighted by Gasteiger charge is -2.12. The highest BCUT2D eigenvalue weighted by atomic mass is 14.9. The SMILES string of the molecule is C=C(/C=C\C=C/C)c1ccccc1Nc1ccc(CC)cc1. The molecule has 0 radical (unpaired) electrons. The molecule has 2 aromatic rings. The van der Waals surface area contributed by atoms with Crippen LogP contribution in [-0.4, -0.2) is 0 Å². The van der Waals surface area contributed by atoms with Gasteiger partial charge in [0, 0.05) is 16.9 Å². The van der Waals surface area contributed by atoms with Gasteiger partial charge in [0.05, 0.1) is 0 Å². The van der Waals surface area contributed by atoms with E-state index in [1.807, 2.05) is 43.4 Å². The van der Waals surface area contributed by atoms with Gasteiger partial charge in [0.1, 0.15) is 0 Å². The summed E-state index contributed by atoms with van der Waals surface area (Å²) in [5.41, 5.74) is 5.61. The molecule has 2 rings (SSSR count). The first-order valence-corrected chi connectivity index (χ1v) is 7.68. The highest BCUT2D eigenvalue weighted by molar-refractivity contribution is 5.82. The minimum Gasteiger partial charge on any atom is -0.355 e. The average molecular weight is 289 g/mol. The van der Waals surface area contributed by atoms with Gasteiger partial charge in [-0.1, -0.05) is 68.1 Å². The fraction of sp³-hybridized carbons (Fsp3) is 0.143. The summed E-state index contributed by atoms with van der Waals surface area (Å²) in [6.45, 7) is 8.33. The summed E-state index contributed by atoms with van der Waals surface area (Å²) in [6.07, 6.45) is 9.10. The molecule has 0 unspecified atom stereocenters. The number of benzene rings is 2. The Hall–Kier alpha value is -2.54. The highest BCUT2D eigenvalue weighted by Gasteiger charge is 2.03. The van der Waals surface area contributed by atoms with Crippen molar-refractivity contribution in [1.82, 2.24) is 0 Å². The van der Waals surface area contributed by atoms with Gasteiger partial charge in [0.2, 0.25) is 0 Å². The summed E-state index contributed by atoms with van der Waals surface area (Å²) < 4.78 is 0. The molecule has 22 heavy (non-hydrogen) atoms. The van der Waals surface area contributed by atoms with Crippen molar-refractivity contribution < 1.29 is 0 Å². The topological polar surface area (TPSA) is 12.0 Å². The van der Waals surface area contributed by atoms with E-state index in [0.717, 1.165) is 28.9 Å². The standard InChI is InChI=1S/C21H23N/c1-4-6-7-10-17(3)20-11-8-9-12-21(20)22-19-15-13-18(5-2)14-16-19/h4,6-16,22H,3,5H2,1-2H3/b6-4-,10-7-. The maximum absolute atomic E-state index is 4.17. The highest BCUT2D eigenvalue weighted by Crippen LogP contribution is 2.26. The summed E-state index contributed by atoms with van der Waals surface area (Å²) in [5, 5.41) is 3.48. The molecule has 1 nitrogen and oxygen atoms in total. The molecule has 1 heteroatoms. The molecule has 0 amide bonds. The molecule has 0 saturated heterocycles. The van der Waals surface area contributed by atoms with Crippen LogP contribution in [0.2, 0.25) is 0 Å². The maximum atomic E-state index is 4.17. The van der Waals surface area contributed by atoms with E-state index < -0.39 is 0 Å². The van der Waals surface area contributed by atoms with E-state index in [9.17, 15) is 0 Å². The first kappa shape index (κ1) is 15.8. The predicted molar refractivity (Wildman–Crippen MR) is 98.5 cm³/mol. The zero-order chi connectivity index (χ0) is 15.8. The largest absolute Gasteiger partial charge is 0.355 e. The van der Waals surface area contributed by atoms with Gasteiger partial charge in [-0.25, -0.2) is 0 Å². The lowest BCUT2D eigenvalue weighted by atomic mass is 10.0. The Bertz CT molecular complexity index is 675. The summed E-state index contributed by atoms with van der Waals surface area (Å²) >= 11 is 0. The molecule has 0 aromatic heterocycles. The van der Waals surface area contributed by atoms with Gasteiger partial charge in [0.25, 0.3) is 0 Å². The quantitative estimate of drug-likeness (QED) is 0.630. The van der Waals surface area contributed by atoms with Crippen LogP contribution < -0.4 is 5.32 Å². The van der Waals surface area contributed by atoms with E-state index >= 15 is 0 Å². The smallest absolute Gasteiger partial charge is 0.0463 e. The van der Waals surface area contributed by atoms with Crippen molar-refractivity contribution in [1.29, 1.82) is 0 Å². The molecule has 0 heterocycles. The van der Waals surface area contributed by atoms with Gasteiger partial charge in [-0.3, -0.25) is 0 Å². The van der Waals surface area contributed by atoms with Crippen molar-refractivity contribution >= 4 is 16.9 Å². The summed E-state index contributed by atoms with van der Waals surface area (Å²) in [7, 11) is 0. The van der Waals surface area contributed by atoms with Crippen molar-refractivity contribution in [2.75, 3.05) is 5.32 Å². The molecule has 0 bridgehead atoms. The van der Waals surface area contributed by atoms with Crippen LogP contribution >= 0.6 is 0 Å². The van der Waals surface area contributed by atoms with Crippen molar-refractivity contribution in [3.05, 3.63) is 90.5 Å². The molecule has 2 aromatic carbocycles. The number of hydrogen-bond donors (Lipinski definition) is 1. The van der Waals surface area contributed by atoms with Crippen LogP contribution in [0, 0.1) is 0 Å². The molecule has 0 aliphatic heterocycles. The molecule has 0 saturated carbocycles. The second-order valence-corrected chi connectivity index (χ2v) is 5.13. The molecule has 0 atom stereocenters. The van der Waals surface area contributed by atoms with Gasteiger partial charge in [-0.05, 0) is 42.7 Å². The maximum Gasteiger partial charge on any atom is 0.0463 e. The number of nitrogens with one attached hydrogen (secondary N) is 1. The second kappa shape index (κ2) is 8.04. The molecule has 0 aliphatic rings. The fourth-order valence-corrected chi connectivity index (χ4v) is 2.22. The Balaban J connectivity index is 2.22. The van der Waals surface area contributed by atoms with Crippen LogP contribution in [-0.2, 0) is 6.42 Å². The zero-order valence-corrected chi connectivity index (χ0v) is 13.3. The van der Waals surface area contributed by atoms with E-state index in [0.29, 0.717) is 0 Å². The molecule has 0 fully saturated rings. The Morgan fingerprint density at radius 1 is 1.05 bits per heavy atom. The fourth-order valence-electron chi connectivity index (χ4n) is 2.22. The third-order valence-corrected chi connectivity index (χ3v) is 3.52. The monoisotopic (exact) mass is 289 g/mol. The molecule has 112 valence electrons. The third-order valence-electron chi connectivity index (χ3n) is 3.52. The lowest BCUT2D eigenvalue weighted by molar-refractivity contribution is 1.14. The van der Waals surface area contributed by atoms with E-state index in [1.54, 1.807) is 0 Å². The van der Waals surface area contributed by atoms with Crippen molar-refractivity contribution in [3.8, 4) is 0 Å². The van der Waals surface area contributed by atoms with E-state index in [-0.39, 0.29) is 0 Å². The number of para-hydroxylation sites is 1. The second-order valence-electron chi connectivity index (χ2n) is 5.13. The van der Waals surface area contributed by atoms with Gasteiger partial charge in [-0.2, -0.15) is 0 Å². The molecule has 0 spiro atoms. The van der Waals surface area contributed by atoms with Crippen LogP contribution in [0.3, 0.4) is 0 Å². The number of rotatable bonds is 6. The van der Waals surface area contributed by atoms with Crippen LogP contribution in [0.5, 0.6) is 0 Å². The minimum absolute atomic E-state index is 0.992. The van der Waals surface area contributed by atoms with Crippen molar-refractivity contribution in [2.24, 2.45) is 0 Å². The Kier molecular flexibility index (Phi) is 5.79. The van der Waals surface area contributed by atoms with Gasteiger partial charge in [0.15, 0.2) is 0 Å². The van der Waals surface area contributed by atoms with E-state index in [2.05, 4.69) is 55.2 Å². The average Bonchev–Trinajstić information content (AvgIpc) is 2.56. The van der Waals surface area contributed by atoms with Crippen LogP contribution in [0.1, 0.15) is 25.0 Å². The normalized spacial score (nSPS) is 11.2. The number of aryl methyl sites for hydroxylation is 1. The zero-order valence-electron chi connectivity index (χ0n) is 13.3. The van der Waals surface area contributed by atoms with E-state index in [1.165, 1.54) is 5.56 Å². The molecule has 0 aliphatic carbocycles. The first-order valence-electron chi connectivity index (χ1n) is 7.68. The molecule has 1 N–H and O–H groups in total. The number of hydrogen-bond acceptors (Lipinski definition) is 1. The lowest BCUT2D eigenvalue weighted by Crippen LogP contribution is -1.95. The Labute approximate surface area is 133 Å². The summed E-state index contributed by atoms with van der Waals surface area (Å²) in [6, 6.07) is 16.8. The van der Waals surface area contributed by atoms with Crippen LogP contribution in [0.15, 0.2) is 79.4 Å².